The van der Waals surface area contributed by atoms with Gasteiger partial charge in [0.15, 0.2) is 0 Å². The maximum atomic E-state index is 14.3. The van der Waals surface area contributed by atoms with E-state index in [4.69, 9.17) is 17.3 Å². The molecule has 1 unspecified atom stereocenters. The fourth-order valence-corrected chi connectivity index (χ4v) is 2.68. The van der Waals surface area contributed by atoms with Crippen LogP contribution >= 0.6 is 11.6 Å². The summed E-state index contributed by atoms with van der Waals surface area (Å²) in [4.78, 5) is 1.89. The number of benzene rings is 2. The molecule has 0 spiro atoms. The first-order chi connectivity index (χ1) is 10.0. The van der Waals surface area contributed by atoms with E-state index in [9.17, 15) is 4.39 Å². The molecular weight excluding hydrogens is 287 g/mol. The van der Waals surface area contributed by atoms with Gasteiger partial charge in [-0.25, -0.2) is 4.39 Å². The van der Waals surface area contributed by atoms with Crippen LogP contribution in [0.1, 0.15) is 24.1 Å². The first-order valence-corrected chi connectivity index (χ1v) is 7.38. The van der Waals surface area contributed by atoms with Crippen molar-refractivity contribution in [2.45, 2.75) is 19.4 Å². The van der Waals surface area contributed by atoms with E-state index in [0.29, 0.717) is 23.7 Å². The lowest BCUT2D eigenvalue weighted by molar-refractivity contribution is 0.609. The number of rotatable bonds is 5. The molecule has 0 heterocycles. The Kier molecular flexibility index (Phi) is 5.21. The highest BCUT2D eigenvalue weighted by Gasteiger charge is 2.17. The lowest BCUT2D eigenvalue weighted by Gasteiger charge is -2.28. The molecule has 4 heteroatoms. The highest BCUT2D eigenvalue weighted by Crippen LogP contribution is 2.31. The Labute approximate surface area is 130 Å². The maximum Gasteiger partial charge on any atom is 0.146 e. The van der Waals surface area contributed by atoms with Crippen molar-refractivity contribution in [2.75, 3.05) is 18.5 Å². The minimum Gasteiger partial charge on any atom is -0.365 e. The summed E-state index contributed by atoms with van der Waals surface area (Å²) in [5, 5.41) is 0.692. The molecule has 0 bridgehead atoms. The van der Waals surface area contributed by atoms with Gasteiger partial charge in [0, 0.05) is 12.1 Å². The van der Waals surface area contributed by atoms with E-state index < -0.39 is 0 Å². The Morgan fingerprint density at radius 2 is 1.95 bits per heavy atom. The SMILES string of the molecule is CC(c1ccccc1Cl)N(C)c1ccc(CCN)cc1F. The van der Waals surface area contributed by atoms with Crippen molar-refractivity contribution in [2.24, 2.45) is 5.73 Å². The minimum atomic E-state index is -0.234. The van der Waals surface area contributed by atoms with Crippen LogP contribution in [0.25, 0.3) is 0 Å². The first kappa shape index (κ1) is 15.8. The topological polar surface area (TPSA) is 29.3 Å². The fraction of sp³-hybridized carbons (Fsp3) is 0.294. The van der Waals surface area contributed by atoms with Crippen LogP contribution in [0.3, 0.4) is 0 Å². The summed E-state index contributed by atoms with van der Waals surface area (Å²) < 4.78 is 14.3. The summed E-state index contributed by atoms with van der Waals surface area (Å²) in [6, 6.07) is 12.9. The van der Waals surface area contributed by atoms with Gasteiger partial charge >= 0.3 is 0 Å². The van der Waals surface area contributed by atoms with Crippen LogP contribution in [0.4, 0.5) is 10.1 Å². The molecule has 2 N–H and O–H groups in total. The zero-order chi connectivity index (χ0) is 15.4. The van der Waals surface area contributed by atoms with Gasteiger partial charge < -0.3 is 10.6 Å². The van der Waals surface area contributed by atoms with Crippen molar-refractivity contribution in [3.63, 3.8) is 0 Å². The lowest BCUT2D eigenvalue weighted by atomic mass is 10.1. The number of hydrogen-bond acceptors (Lipinski definition) is 2. The third-order valence-electron chi connectivity index (χ3n) is 3.76. The zero-order valence-corrected chi connectivity index (χ0v) is 13.1. The second kappa shape index (κ2) is 6.92. The summed E-state index contributed by atoms with van der Waals surface area (Å²) in [6.07, 6.45) is 0.682. The van der Waals surface area contributed by atoms with Crippen LogP contribution in [-0.2, 0) is 6.42 Å². The maximum absolute atomic E-state index is 14.3. The Morgan fingerprint density at radius 3 is 2.57 bits per heavy atom. The number of nitrogens with two attached hydrogens (primary N) is 1. The van der Waals surface area contributed by atoms with E-state index in [1.165, 1.54) is 0 Å². The molecule has 2 rings (SSSR count). The first-order valence-electron chi connectivity index (χ1n) is 7.00. The van der Waals surface area contributed by atoms with Crippen LogP contribution in [0.5, 0.6) is 0 Å². The molecule has 21 heavy (non-hydrogen) atoms. The zero-order valence-electron chi connectivity index (χ0n) is 12.3. The largest absolute Gasteiger partial charge is 0.365 e. The van der Waals surface area contributed by atoms with E-state index >= 15 is 0 Å². The predicted molar refractivity (Wildman–Crippen MR) is 87.4 cm³/mol. The fourth-order valence-electron chi connectivity index (χ4n) is 2.39. The van der Waals surface area contributed by atoms with Gasteiger partial charge in [0.25, 0.3) is 0 Å². The lowest BCUT2D eigenvalue weighted by Crippen LogP contribution is -2.23. The van der Waals surface area contributed by atoms with E-state index in [0.717, 1.165) is 11.1 Å². The molecule has 0 aliphatic rings. The van der Waals surface area contributed by atoms with E-state index in [1.807, 2.05) is 49.2 Å². The Hall–Kier alpha value is -1.58. The third-order valence-corrected chi connectivity index (χ3v) is 4.11. The predicted octanol–water partition coefficient (Wildman–Crippen LogP) is 4.18. The molecule has 1 atom stereocenters. The monoisotopic (exact) mass is 306 g/mol. The molecule has 2 aromatic carbocycles. The van der Waals surface area contributed by atoms with Gasteiger partial charge in [-0.3, -0.25) is 0 Å². The second-order valence-electron chi connectivity index (χ2n) is 5.13. The molecule has 112 valence electrons. The molecule has 0 aromatic heterocycles. The van der Waals surface area contributed by atoms with Crippen molar-refractivity contribution in [3.8, 4) is 0 Å². The third kappa shape index (κ3) is 3.55. The van der Waals surface area contributed by atoms with Crippen LogP contribution in [0, 0.1) is 5.82 Å². The smallest absolute Gasteiger partial charge is 0.146 e. The molecule has 2 aromatic rings. The van der Waals surface area contributed by atoms with Crippen molar-refractivity contribution >= 4 is 17.3 Å². The van der Waals surface area contributed by atoms with Gasteiger partial charge in [0.1, 0.15) is 5.82 Å². The van der Waals surface area contributed by atoms with Crippen molar-refractivity contribution in [1.29, 1.82) is 0 Å². The normalized spacial score (nSPS) is 12.2. The second-order valence-corrected chi connectivity index (χ2v) is 5.54. The summed E-state index contributed by atoms with van der Waals surface area (Å²) in [7, 11) is 1.87. The van der Waals surface area contributed by atoms with Crippen molar-refractivity contribution in [1.82, 2.24) is 0 Å². The quantitative estimate of drug-likeness (QED) is 0.898. The molecule has 0 radical (unpaired) electrons. The van der Waals surface area contributed by atoms with E-state index in [1.54, 1.807) is 12.1 Å². The van der Waals surface area contributed by atoms with Gasteiger partial charge in [-0.05, 0) is 49.2 Å². The summed E-state index contributed by atoms with van der Waals surface area (Å²) in [5.41, 5.74) is 7.95. The number of halogens is 2. The highest BCUT2D eigenvalue weighted by molar-refractivity contribution is 6.31. The molecule has 0 aliphatic carbocycles. The van der Waals surface area contributed by atoms with Gasteiger partial charge in [-0.15, -0.1) is 0 Å². The molecule has 0 saturated carbocycles. The number of nitrogens with zero attached hydrogens (tertiary/aromatic N) is 1. The van der Waals surface area contributed by atoms with Crippen LogP contribution in [0.2, 0.25) is 5.02 Å². The summed E-state index contributed by atoms with van der Waals surface area (Å²) >= 11 is 6.22. The van der Waals surface area contributed by atoms with Crippen molar-refractivity contribution < 1.29 is 4.39 Å². The van der Waals surface area contributed by atoms with E-state index in [2.05, 4.69) is 0 Å². The standard InChI is InChI=1S/C17H20ClFN2/c1-12(14-5-3-4-6-15(14)18)21(2)17-8-7-13(9-10-20)11-16(17)19/h3-8,11-12H,9-10,20H2,1-2H3. The van der Waals surface area contributed by atoms with Crippen LogP contribution in [-0.4, -0.2) is 13.6 Å². The average Bonchev–Trinajstić information content (AvgIpc) is 2.47. The van der Waals surface area contributed by atoms with Crippen molar-refractivity contribution in [3.05, 3.63) is 64.4 Å². The minimum absolute atomic E-state index is 0.0199. The Balaban J connectivity index is 2.27. The van der Waals surface area contributed by atoms with Crippen LogP contribution < -0.4 is 10.6 Å². The van der Waals surface area contributed by atoms with Gasteiger partial charge in [0.2, 0.25) is 0 Å². The molecule has 2 nitrogen and oxygen atoms in total. The van der Waals surface area contributed by atoms with Gasteiger partial charge in [-0.1, -0.05) is 35.9 Å². The number of hydrogen-bond donors (Lipinski definition) is 1. The highest BCUT2D eigenvalue weighted by atomic mass is 35.5. The molecule has 0 saturated heterocycles. The van der Waals surface area contributed by atoms with Gasteiger partial charge in [-0.2, -0.15) is 0 Å². The molecule has 0 amide bonds. The van der Waals surface area contributed by atoms with Gasteiger partial charge in [0.05, 0.1) is 11.7 Å². The summed E-state index contributed by atoms with van der Waals surface area (Å²) in [5.74, 6) is -0.234. The van der Waals surface area contributed by atoms with Crippen LogP contribution in [0.15, 0.2) is 42.5 Å². The molecule has 0 aliphatic heterocycles. The Morgan fingerprint density at radius 1 is 1.24 bits per heavy atom. The summed E-state index contributed by atoms with van der Waals surface area (Å²) in [6.45, 7) is 2.53. The average molecular weight is 307 g/mol. The van der Waals surface area contributed by atoms with E-state index in [-0.39, 0.29) is 11.9 Å². The Bertz CT molecular complexity index is 615. The number of anilines is 1. The molecule has 0 fully saturated rings. The molecular formula is C17H20ClFN2.